The van der Waals surface area contributed by atoms with Crippen LogP contribution >= 0.6 is 0 Å². The monoisotopic (exact) mass is 350 g/mol. The number of benzene rings is 2. The second kappa shape index (κ2) is 8.34. The van der Waals surface area contributed by atoms with Crippen LogP contribution in [-0.2, 0) is 4.79 Å². The second-order valence-corrected chi connectivity index (χ2v) is 6.22. The summed E-state index contributed by atoms with van der Waals surface area (Å²) in [7, 11) is 0. The maximum absolute atomic E-state index is 12.9. The summed E-state index contributed by atoms with van der Waals surface area (Å²) >= 11 is 0. The third kappa shape index (κ3) is 4.11. The minimum absolute atomic E-state index is 0.173. The lowest BCUT2D eigenvalue weighted by atomic mass is 10.1. The van der Waals surface area contributed by atoms with Crippen LogP contribution in [0.15, 0.2) is 48.5 Å². The summed E-state index contributed by atoms with van der Waals surface area (Å²) in [5.41, 5.74) is 3.66. The van der Waals surface area contributed by atoms with Gasteiger partial charge in [-0.1, -0.05) is 55.0 Å². The minimum atomic E-state index is -0.778. The van der Waals surface area contributed by atoms with Crippen molar-refractivity contribution >= 4 is 35.5 Å². The first-order valence-corrected chi connectivity index (χ1v) is 8.83. The number of carboxylic acids is 1. The fourth-order valence-corrected chi connectivity index (χ4v) is 3.04. The van der Waals surface area contributed by atoms with Crippen LogP contribution in [0.2, 0.25) is 0 Å². The SMILES string of the molecule is O=C(O)CCCCCNC(=O)N1c2ccccc2C=Cc2ccccc21. The van der Waals surface area contributed by atoms with Gasteiger partial charge in [-0.2, -0.15) is 0 Å². The zero-order valence-electron chi connectivity index (χ0n) is 14.5. The molecule has 2 amide bonds. The number of amides is 2. The quantitative estimate of drug-likeness (QED) is 0.744. The van der Waals surface area contributed by atoms with Gasteiger partial charge in [-0.05, 0) is 36.1 Å². The van der Waals surface area contributed by atoms with Gasteiger partial charge in [0.15, 0.2) is 0 Å². The highest BCUT2D eigenvalue weighted by Gasteiger charge is 2.23. The Balaban J connectivity index is 1.73. The molecule has 0 aliphatic carbocycles. The van der Waals surface area contributed by atoms with Crippen LogP contribution in [0.3, 0.4) is 0 Å². The number of rotatable bonds is 6. The van der Waals surface area contributed by atoms with E-state index < -0.39 is 5.97 Å². The molecular formula is C21H22N2O3. The van der Waals surface area contributed by atoms with E-state index in [1.165, 1.54) is 0 Å². The third-order valence-electron chi connectivity index (χ3n) is 4.34. The normalized spacial score (nSPS) is 12.1. The number of hydrogen-bond donors (Lipinski definition) is 2. The van der Waals surface area contributed by atoms with Crippen molar-refractivity contribution in [2.24, 2.45) is 0 Å². The van der Waals surface area contributed by atoms with Gasteiger partial charge in [0, 0.05) is 13.0 Å². The summed E-state index contributed by atoms with van der Waals surface area (Å²) in [5, 5.41) is 11.6. The fraction of sp³-hybridized carbons (Fsp3) is 0.238. The van der Waals surface area contributed by atoms with Crippen molar-refractivity contribution in [3.8, 4) is 0 Å². The molecule has 0 spiro atoms. The lowest BCUT2D eigenvalue weighted by Gasteiger charge is -2.25. The van der Waals surface area contributed by atoms with Crippen molar-refractivity contribution in [1.29, 1.82) is 0 Å². The average molecular weight is 350 g/mol. The van der Waals surface area contributed by atoms with E-state index in [1.807, 2.05) is 60.7 Å². The maximum Gasteiger partial charge on any atom is 0.326 e. The molecule has 0 saturated heterocycles. The Morgan fingerprint density at radius 2 is 1.42 bits per heavy atom. The summed E-state index contributed by atoms with van der Waals surface area (Å²) in [6.07, 6.45) is 6.38. The summed E-state index contributed by atoms with van der Waals surface area (Å²) < 4.78 is 0. The predicted octanol–water partition coefficient (Wildman–Crippen LogP) is 4.66. The van der Waals surface area contributed by atoms with Crippen LogP contribution < -0.4 is 10.2 Å². The van der Waals surface area contributed by atoms with Crippen molar-refractivity contribution in [1.82, 2.24) is 5.32 Å². The van der Waals surface area contributed by atoms with E-state index in [1.54, 1.807) is 4.90 Å². The maximum atomic E-state index is 12.9. The Kier molecular flexibility index (Phi) is 5.69. The minimum Gasteiger partial charge on any atom is -0.481 e. The number of carboxylic acid groups (broad SMARTS) is 1. The van der Waals surface area contributed by atoms with E-state index in [0.29, 0.717) is 13.0 Å². The Labute approximate surface area is 153 Å². The lowest BCUT2D eigenvalue weighted by molar-refractivity contribution is -0.137. The number of urea groups is 1. The smallest absolute Gasteiger partial charge is 0.326 e. The predicted molar refractivity (Wildman–Crippen MR) is 103 cm³/mol. The number of nitrogens with zero attached hydrogens (tertiary/aromatic N) is 1. The summed E-state index contributed by atoms with van der Waals surface area (Å²) in [6.45, 7) is 0.521. The Morgan fingerprint density at radius 1 is 0.846 bits per heavy atom. The number of anilines is 2. The second-order valence-electron chi connectivity index (χ2n) is 6.22. The molecule has 2 aromatic rings. The van der Waals surface area contributed by atoms with Gasteiger partial charge >= 0.3 is 12.0 Å². The highest BCUT2D eigenvalue weighted by Crippen LogP contribution is 2.36. The lowest BCUT2D eigenvalue weighted by Crippen LogP contribution is -2.37. The van der Waals surface area contributed by atoms with Crippen molar-refractivity contribution < 1.29 is 14.7 Å². The van der Waals surface area contributed by atoms with Gasteiger partial charge in [0.25, 0.3) is 0 Å². The number of aliphatic carboxylic acids is 1. The number of para-hydroxylation sites is 2. The van der Waals surface area contributed by atoms with Crippen LogP contribution in [0.5, 0.6) is 0 Å². The number of carbonyl (C=O) groups excluding carboxylic acids is 1. The van der Waals surface area contributed by atoms with Crippen LogP contribution in [0.25, 0.3) is 12.2 Å². The molecule has 1 heterocycles. The number of hydrogen-bond acceptors (Lipinski definition) is 2. The first-order valence-electron chi connectivity index (χ1n) is 8.83. The van der Waals surface area contributed by atoms with Gasteiger partial charge in [0.2, 0.25) is 0 Å². The van der Waals surface area contributed by atoms with Gasteiger partial charge in [-0.3, -0.25) is 9.69 Å². The van der Waals surface area contributed by atoms with Crippen LogP contribution in [0.4, 0.5) is 16.2 Å². The van der Waals surface area contributed by atoms with Crippen LogP contribution in [-0.4, -0.2) is 23.7 Å². The largest absolute Gasteiger partial charge is 0.481 e. The molecule has 5 nitrogen and oxygen atoms in total. The van der Waals surface area contributed by atoms with Gasteiger partial charge in [0.05, 0.1) is 11.4 Å². The summed E-state index contributed by atoms with van der Waals surface area (Å²) in [5.74, 6) is -0.778. The van der Waals surface area contributed by atoms with Crippen molar-refractivity contribution in [2.45, 2.75) is 25.7 Å². The highest BCUT2D eigenvalue weighted by atomic mass is 16.4. The molecule has 0 fully saturated rings. The molecule has 1 aliphatic rings. The van der Waals surface area contributed by atoms with Crippen molar-refractivity contribution in [3.63, 3.8) is 0 Å². The highest BCUT2D eigenvalue weighted by molar-refractivity contribution is 6.05. The molecule has 0 atom stereocenters. The zero-order chi connectivity index (χ0) is 18.4. The topological polar surface area (TPSA) is 69.6 Å². The molecule has 3 rings (SSSR count). The van der Waals surface area contributed by atoms with Gasteiger partial charge in [0.1, 0.15) is 0 Å². The molecule has 5 heteroatoms. The van der Waals surface area contributed by atoms with E-state index in [0.717, 1.165) is 35.3 Å². The molecule has 0 saturated carbocycles. The van der Waals surface area contributed by atoms with Gasteiger partial charge < -0.3 is 10.4 Å². The first-order chi connectivity index (χ1) is 12.7. The molecule has 1 aliphatic heterocycles. The molecule has 134 valence electrons. The molecule has 2 aromatic carbocycles. The fourth-order valence-electron chi connectivity index (χ4n) is 3.04. The van der Waals surface area contributed by atoms with Gasteiger partial charge in [-0.15, -0.1) is 0 Å². The Bertz CT molecular complexity index is 780. The number of nitrogens with one attached hydrogen (secondary N) is 1. The zero-order valence-corrected chi connectivity index (χ0v) is 14.5. The molecule has 0 unspecified atom stereocenters. The van der Waals surface area contributed by atoms with E-state index in [4.69, 9.17) is 5.11 Å². The van der Waals surface area contributed by atoms with Crippen LogP contribution in [0.1, 0.15) is 36.8 Å². The van der Waals surface area contributed by atoms with E-state index in [-0.39, 0.29) is 12.5 Å². The molecule has 0 aromatic heterocycles. The van der Waals surface area contributed by atoms with Crippen molar-refractivity contribution in [2.75, 3.05) is 11.4 Å². The third-order valence-corrected chi connectivity index (χ3v) is 4.34. The number of fused-ring (bicyclic) bond motifs is 2. The Hall–Kier alpha value is -3.08. The molecule has 0 radical (unpaired) electrons. The average Bonchev–Trinajstić information content (AvgIpc) is 2.81. The first kappa shape index (κ1) is 17.7. The summed E-state index contributed by atoms with van der Waals surface area (Å²) in [6, 6.07) is 15.4. The van der Waals surface area contributed by atoms with E-state index in [2.05, 4.69) is 5.32 Å². The van der Waals surface area contributed by atoms with E-state index in [9.17, 15) is 9.59 Å². The number of carbonyl (C=O) groups is 2. The number of unbranched alkanes of at least 4 members (excludes halogenated alkanes) is 2. The summed E-state index contributed by atoms with van der Waals surface area (Å²) in [4.78, 5) is 25.2. The molecule has 0 bridgehead atoms. The molecule has 2 N–H and O–H groups in total. The molecular weight excluding hydrogens is 328 g/mol. The van der Waals surface area contributed by atoms with Gasteiger partial charge in [-0.25, -0.2) is 4.79 Å². The standard InChI is InChI=1S/C21H22N2O3/c24-20(25)12-2-1-7-15-22-21(26)23-18-10-5-3-8-16(18)13-14-17-9-4-6-11-19(17)23/h3-6,8-11,13-14H,1-2,7,12,15H2,(H,22,26)(H,24,25). The van der Waals surface area contributed by atoms with Crippen LogP contribution in [0, 0.1) is 0 Å². The Morgan fingerprint density at radius 3 is 2.00 bits per heavy atom. The van der Waals surface area contributed by atoms with Crippen molar-refractivity contribution in [3.05, 3.63) is 59.7 Å². The molecule has 26 heavy (non-hydrogen) atoms. The van der Waals surface area contributed by atoms with E-state index >= 15 is 0 Å².